The number of hydrogen-bond donors (Lipinski definition) is 9. The van der Waals surface area contributed by atoms with Crippen LogP contribution in [0.1, 0.15) is 59.1 Å². The van der Waals surface area contributed by atoms with E-state index < -0.39 is 94.5 Å². The Morgan fingerprint density at radius 1 is 1.09 bits per heavy atom. The predicted octanol–water partition coefficient (Wildman–Crippen LogP) is 0.510. The second-order valence-electron chi connectivity index (χ2n) is 13.1. The van der Waals surface area contributed by atoms with Gasteiger partial charge in [0.15, 0.2) is 11.5 Å². The fourth-order valence-corrected chi connectivity index (χ4v) is 5.95. The molecule has 0 spiro atoms. The largest absolute Gasteiger partial charge is 0.503 e. The number of amides is 5. The first-order valence-corrected chi connectivity index (χ1v) is 17.4. The Labute approximate surface area is 321 Å². The van der Waals surface area contributed by atoms with Crippen molar-refractivity contribution in [3.63, 3.8) is 0 Å². The van der Waals surface area contributed by atoms with E-state index in [1.54, 1.807) is 13.8 Å². The number of benzene rings is 1. The number of phenols is 1. The topological polar surface area (TPSA) is 273 Å². The molecule has 3 rings (SSSR count). The van der Waals surface area contributed by atoms with E-state index in [0.29, 0.717) is 0 Å². The first-order valence-electron chi connectivity index (χ1n) is 17.0. The third kappa shape index (κ3) is 9.88. The van der Waals surface area contributed by atoms with Crippen LogP contribution < -0.4 is 31.3 Å². The third-order valence-corrected chi connectivity index (χ3v) is 9.51. The number of halogens is 1. The lowest BCUT2D eigenvalue weighted by molar-refractivity contribution is -0.146. The summed E-state index contributed by atoms with van der Waals surface area (Å²) in [5.74, 6) is -8.94. The van der Waals surface area contributed by atoms with E-state index in [1.807, 2.05) is 5.32 Å². The molecule has 2 bridgehead atoms. The van der Waals surface area contributed by atoms with Gasteiger partial charge in [-0.1, -0.05) is 44.2 Å². The zero-order chi connectivity index (χ0) is 41.5. The van der Waals surface area contributed by atoms with Gasteiger partial charge in [-0.15, -0.1) is 0 Å². The molecular formula is C36H45ClN6O12. The predicted molar refractivity (Wildman–Crippen MR) is 196 cm³/mol. The molecular weight excluding hydrogens is 744 g/mol. The Bertz CT molecular complexity index is 1880. The van der Waals surface area contributed by atoms with E-state index >= 15 is 0 Å². The van der Waals surface area contributed by atoms with Gasteiger partial charge in [-0.25, -0.2) is 9.59 Å². The van der Waals surface area contributed by atoms with Crippen molar-refractivity contribution >= 4 is 53.1 Å². The number of carboxylic acid groups (broad SMARTS) is 2. The van der Waals surface area contributed by atoms with Crippen molar-refractivity contribution in [2.75, 3.05) is 13.6 Å². The number of nitrogens with zero attached hydrogens (tertiary/aromatic N) is 1. The molecule has 0 aromatic heterocycles. The van der Waals surface area contributed by atoms with E-state index in [1.165, 1.54) is 52.1 Å². The van der Waals surface area contributed by atoms with Gasteiger partial charge in [-0.2, -0.15) is 0 Å². The zero-order valence-corrected chi connectivity index (χ0v) is 31.7. The zero-order valence-electron chi connectivity index (χ0n) is 31.0. The normalized spacial score (nSPS) is 24.8. The molecule has 2 heterocycles. The average Bonchev–Trinajstić information content (AvgIpc) is 3.62. The van der Waals surface area contributed by atoms with Crippen LogP contribution in [-0.4, -0.2) is 110 Å². The lowest BCUT2D eigenvalue weighted by Crippen LogP contribution is -2.65. The molecule has 2 aliphatic heterocycles. The smallest absolute Gasteiger partial charge is 0.352 e. The molecule has 0 radical (unpaired) electrons. The van der Waals surface area contributed by atoms with Crippen molar-refractivity contribution in [2.24, 2.45) is 0 Å². The Balaban J connectivity index is 2.11. The third-order valence-electron chi connectivity index (χ3n) is 9.22. The highest BCUT2D eigenvalue weighted by molar-refractivity contribution is 6.32. The fraction of sp³-hybridized carbons (Fsp3) is 0.417. The van der Waals surface area contributed by atoms with Crippen LogP contribution in [0.2, 0.25) is 5.02 Å². The molecule has 0 fully saturated rings. The summed E-state index contributed by atoms with van der Waals surface area (Å²) in [5, 5.41) is 52.6. The first kappa shape index (κ1) is 43.7. The standard InChI is InChI=1S/C36H45ClN6O12/c1-8-17(5)25(32(50)39-20(35(53)54)15-23(44)45)41-30(48)21-11-10-12-43(21)34(52)29-36(6,9-2)55-22-14-18(13-19(37)28(22)47)27(46)26(38-7)33(51)40-24(16(3)4)31(49)42-29/h10-11,13-15,21,24,26-27,29,38,46-47H,3,8-9,12H2,1-2,4-7H3,(H,39,50)(H,40,51)(H,41,48)(H,42,49)(H,44,45)(H,53,54)/t21-,24-,26-,27-,29-,36+/m0/s1. The molecule has 19 heteroatoms. The number of aliphatic hydroxyl groups is 1. The summed E-state index contributed by atoms with van der Waals surface area (Å²) >= 11 is 6.33. The van der Waals surface area contributed by atoms with Crippen molar-refractivity contribution in [2.45, 2.75) is 83.3 Å². The molecule has 0 saturated heterocycles. The summed E-state index contributed by atoms with van der Waals surface area (Å²) < 4.78 is 6.29. The minimum Gasteiger partial charge on any atom is -0.503 e. The van der Waals surface area contributed by atoms with Gasteiger partial charge < -0.3 is 56.6 Å². The van der Waals surface area contributed by atoms with E-state index in [2.05, 4.69) is 27.8 Å². The van der Waals surface area contributed by atoms with E-state index in [-0.39, 0.29) is 52.9 Å². The number of nitrogens with one attached hydrogen (secondary N) is 5. The molecule has 55 heavy (non-hydrogen) atoms. The summed E-state index contributed by atoms with van der Waals surface area (Å²) in [7, 11) is 1.40. The molecule has 18 nitrogen and oxygen atoms in total. The molecule has 298 valence electrons. The van der Waals surface area contributed by atoms with Crippen LogP contribution in [0.25, 0.3) is 0 Å². The fourth-order valence-electron chi connectivity index (χ4n) is 5.73. The van der Waals surface area contributed by atoms with Gasteiger partial charge in [0.2, 0.25) is 11.8 Å². The molecule has 5 amide bonds. The minimum atomic E-state index is -1.75. The minimum absolute atomic E-state index is 0.0204. The van der Waals surface area contributed by atoms with Gasteiger partial charge in [0.25, 0.3) is 17.7 Å². The molecule has 0 aliphatic carbocycles. The summed E-state index contributed by atoms with van der Waals surface area (Å²) in [4.78, 5) is 92.9. The maximum atomic E-state index is 14.7. The van der Waals surface area contributed by atoms with Crippen molar-refractivity contribution < 1.29 is 58.7 Å². The number of carbonyl (C=O) groups is 7. The molecule has 2 aliphatic rings. The Kier molecular flexibility index (Phi) is 14.4. The number of phenolic OH excluding ortho intramolecular Hbond substituents is 1. The SMILES string of the molecule is C=C(C)[C@@H]1NC(=O)[C@@H](NC)[C@@H](O)c2cc(Cl)c(O)c(c2)O[C@](C)(CC)[C@H](C(=O)N2CC=C[C@H]2C(=O)NC(C(=O)NC(=CC(=O)O)C(=O)O)=C(C)CC)NC1=O. The Morgan fingerprint density at radius 3 is 2.29 bits per heavy atom. The summed E-state index contributed by atoms with van der Waals surface area (Å²) in [6, 6.07) is -3.37. The van der Waals surface area contributed by atoms with Crippen LogP contribution >= 0.6 is 11.6 Å². The number of rotatable bonds is 11. The van der Waals surface area contributed by atoms with Gasteiger partial charge in [-0.05, 0) is 69.5 Å². The quantitative estimate of drug-likeness (QED) is 0.109. The number of ether oxygens (including phenoxy) is 1. The maximum absolute atomic E-state index is 14.7. The van der Waals surface area contributed by atoms with Crippen molar-refractivity contribution in [1.29, 1.82) is 0 Å². The summed E-state index contributed by atoms with van der Waals surface area (Å²) in [6.45, 7) is 11.3. The highest BCUT2D eigenvalue weighted by atomic mass is 35.5. The van der Waals surface area contributed by atoms with E-state index in [9.17, 15) is 48.9 Å². The second-order valence-corrected chi connectivity index (χ2v) is 13.5. The van der Waals surface area contributed by atoms with Crippen LogP contribution in [0, 0.1) is 0 Å². The molecule has 9 N–H and O–H groups in total. The number of carboxylic acids is 2. The van der Waals surface area contributed by atoms with Crippen LogP contribution in [0.4, 0.5) is 0 Å². The van der Waals surface area contributed by atoms with E-state index in [0.717, 1.165) is 4.90 Å². The Morgan fingerprint density at radius 2 is 1.75 bits per heavy atom. The van der Waals surface area contributed by atoms with Gasteiger partial charge >= 0.3 is 11.9 Å². The second kappa shape index (κ2) is 18.1. The number of hydrogen-bond acceptors (Lipinski definition) is 11. The number of allylic oxidation sites excluding steroid dienone is 1. The lowest BCUT2D eigenvalue weighted by Gasteiger charge is -2.40. The Hall–Kier alpha value is -5.72. The molecule has 0 unspecified atom stereocenters. The van der Waals surface area contributed by atoms with Gasteiger partial charge in [0.05, 0.1) is 11.1 Å². The number of fused-ring (bicyclic) bond motifs is 2. The van der Waals surface area contributed by atoms with Gasteiger partial charge in [-0.3, -0.25) is 24.0 Å². The highest BCUT2D eigenvalue weighted by Crippen LogP contribution is 2.41. The molecule has 6 atom stereocenters. The van der Waals surface area contributed by atoms with Crippen molar-refractivity contribution in [3.05, 3.63) is 70.1 Å². The van der Waals surface area contributed by atoms with Gasteiger partial charge in [0, 0.05) is 6.54 Å². The number of aromatic hydroxyl groups is 1. The number of aliphatic carboxylic acids is 2. The van der Waals surface area contributed by atoms with Gasteiger partial charge in [0.1, 0.15) is 47.3 Å². The number of likely N-dealkylation sites (N-methyl/N-ethyl adjacent to an activating group) is 1. The lowest BCUT2D eigenvalue weighted by atomic mass is 9.90. The van der Waals surface area contributed by atoms with Crippen LogP contribution in [0.5, 0.6) is 11.5 Å². The molecule has 1 aromatic rings. The van der Waals surface area contributed by atoms with Crippen LogP contribution in [0.15, 0.2) is 59.5 Å². The summed E-state index contributed by atoms with van der Waals surface area (Å²) in [5.41, 5.74) is -2.62. The average molecular weight is 789 g/mol. The molecule has 0 saturated carbocycles. The highest BCUT2D eigenvalue weighted by Gasteiger charge is 2.47. The number of carbonyl (C=O) groups excluding carboxylic acids is 5. The number of aliphatic hydroxyl groups excluding tert-OH is 1. The van der Waals surface area contributed by atoms with Crippen LogP contribution in [-0.2, 0) is 33.6 Å². The van der Waals surface area contributed by atoms with Crippen LogP contribution in [0.3, 0.4) is 0 Å². The van der Waals surface area contributed by atoms with E-state index in [4.69, 9.17) is 21.4 Å². The van der Waals surface area contributed by atoms with Crippen molar-refractivity contribution in [3.8, 4) is 11.5 Å². The molecule has 1 aromatic carbocycles. The first-order chi connectivity index (χ1) is 25.7. The summed E-state index contributed by atoms with van der Waals surface area (Å²) in [6.07, 6.45) is 1.71. The maximum Gasteiger partial charge on any atom is 0.352 e. The van der Waals surface area contributed by atoms with Crippen molar-refractivity contribution in [1.82, 2.24) is 31.5 Å². The monoisotopic (exact) mass is 788 g/mol.